The van der Waals surface area contributed by atoms with Gasteiger partial charge < -0.3 is 20.5 Å². The largest absolute Gasteiger partial charge is 0.486 e. The third-order valence-electron chi connectivity index (χ3n) is 4.14. The summed E-state index contributed by atoms with van der Waals surface area (Å²) in [6.07, 6.45) is 0.717. The number of benzene rings is 1. The number of nitrogens with one attached hydrogen (secondary N) is 2. The molecule has 0 bridgehead atoms. The van der Waals surface area contributed by atoms with Gasteiger partial charge in [0.15, 0.2) is 23.0 Å². The topological polar surface area (TPSA) is 132 Å². The first-order valence-corrected chi connectivity index (χ1v) is 7.54. The molecule has 2 amide bonds. The maximum absolute atomic E-state index is 12.3. The van der Waals surface area contributed by atoms with Crippen LogP contribution >= 0.6 is 0 Å². The van der Waals surface area contributed by atoms with Crippen molar-refractivity contribution < 1.29 is 19.1 Å². The van der Waals surface area contributed by atoms with Crippen molar-refractivity contribution in [2.45, 2.75) is 12.3 Å². The molecule has 124 valence electrons. The number of rotatable bonds is 4. The molecule has 9 heteroatoms. The van der Waals surface area contributed by atoms with Crippen LogP contribution in [0.4, 0.5) is 5.82 Å². The SMILES string of the molecule is NC(=O)c1n[nH]nc1NC(=O)[C@@H]1C[C@H]1c1ccc2c(c1)OCCO2. The van der Waals surface area contributed by atoms with Gasteiger partial charge in [0.2, 0.25) is 5.91 Å². The summed E-state index contributed by atoms with van der Waals surface area (Å²) in [6.45, 7) is 1.06. The van der Waals surface area contributed by atoms with Crippen molar-refractivity contribution in [2.24, 2.45) is 11.7 Å². The molecular formula is C15H15N5O4. The van der Waals surface area contributed by atoms with E-state index >= 15 is 0 Å². The second kappa shape index (κ2) is 5.52. The number of aromatic amines is 1. The molecule has 1 saturated carbocycles. The molecule has 24 heavy (non-hydrogen) atoms. The van der Waals surface area contributed by atoms with Gasteiger partial charge in [0.25, 0.3) is 5.91 Å². The average Bonchev–Trinajstić information content (AvgIpc) is 3.26. The molecule has 0 saturated heterocycles. The van der Waals surface area contributed by atoms with Gasteiger partial charge in [-0.1, -0.05) is 6.07 Å². The van der Waals surface area contributed by atoms with Crippen LogP contribution in [0.3, 0.4) is 0 Å². The van der Waals surface area contributed by atoms with E-state index in [1.165, 1.54) is 0 Å². The summed E-state index contributed by atoms with van der Waals surface area (Å²) in [6, 6.07) is 5.72. The number of anilines is 1. The van der Waals surface area contributed by atoms with Crippen molar-refractivity contribution >= 4 is 17.6 Å². The molecule has 1 aliphatic heterocycles. The zero-order chi connectivity index (χ0) is 16.7. The lowest BCUT2D eigenvalue weighted by atomic mass is 10.1. The van der Waals surface area contributed by atoms with E-state index < -0.39 is 5.91 Å². The van der Waals surface area contributed by atoms with Crippen LogP contribution in [0.5, 0.6) is 11.5 Å². The molecule has 1 aromatic heterocycles. The van der Waals surface area contributed by atoms with E-state index in [4.69, 9.17) is 15.2 Å². The van der Waals surface area contributed by atoms with E-state index in [9.17, 15) is 9.59 Å². The summed E-state index contributed by atoms with van der Waals surface area (Å²) < 4.78 is 11.1. The number of nitrogens with two attached hydrogens (primary N) is 1. The summed E-state index contributed by atoms with van der Waals surface area (Å²) in [5.74, 6) is 0.428. The number of hydrogen-bond acceptors (Lipinski definition) is 6. The highest BCUT2D eigenvalue weighted by molar-refractivity contribution is 6.01. The Balaban J connectivity index is 1.45. The van der Waals surface area contributed by atoms with Crippen molar-refractivity contribution in [2.75, 3.05) is 18.5 Å². The van der Waals surface area contributed by atoms with Gasteiger partial charge in [0.1, 0.15) is 13.2 Å². The fourth-order valence-electron chi connectivity index (χ4n) is 2.84. The molecule has 0 unspecified atom stereocenters. The van der Waals surface area contributed by atoms with E-state index in [1.54, 1.807) is 0 Å². The highest BCUT2D eigenvalue weighted by Crippen LogP contribution is 2.49. The molecule has 0 spiro atoms. The van der Waals surface area contributed by atoms with Crippen molar-refractivity contribution in [3.63, 3.8) is 0 Å². The van der Waals surface area contributed by atoms with Gasteiger partial charge in [-0.25, -0.2) is 0 Å². The number of carbonyl (C=O) groups excluding carboxylic acids is 2. The van der Waals surface area contributed by atoms with Crippen LogP contribution in [-0.4, -0.2) is 40.4 Å². The number of carbonyl (C=O) groups is 2. The maximum Gasteiger partial charge on any atom is 0.273 e. The molecule has 2 atom stereocenters. The minimum absolute atomic E-state index is 0.0559. The third kappa shape index (κ3) is 2.53. The second-order valence-electron chi connectivity index (χ2n) is 5.73. The van der Waals surface area contributed by atoms with E-state index in [2.05, 4.69) is 20.7 Å². The van der Waals surface area contributed by atoms with Gasteiger partial charge in [-0.3, -0.25) is 9.59 Å². The van der Waals surface area contributed by atoms with Crippen LogP contribution in [0.1, 0.15) is 28.4 Å². The number of H-pyrrole nitrogens is 1. The number of hydrogen-bond donors (Lipinski definition) is 3. The minimum Gasteiger partial charge on any atom is -0.486 e. The van der Waals surface area contributed by atoms with E-state index in [0.29, 0.717) is 19.0 Å². The normalized spacial score (nSPS) is 21.2. The first-order valence-electron chi connectivity index (χ1n) is 7.54. The highest BCUT2D eigenvalue weighted by atomic mass is 16.6. The molecule has 1 fully saturated rings. The lowest BCUT2D eigenvalue weighted by Gasteiger charge is -2.18. The van der Waals surface area contributed by atoms with Crippen LogP contribution in [0.15, 0.2) is 18.2 Å². The Labute approximate surface area is 136 Å². The van der Waals surface area contributed by atoms with E-state index in [0.717, 1.165) is 17.7 Å². The Hall–Kier alpha value is -3.10. The maximum atomic E-state index is 12.3. The lowest BCUT2D eigenvalue weighted by Crippen LogP contribution is -2.19. The van der Waals surface area contributed by atoms with Crippen LogP contribution in [0, 0.1) is 5.92 Å². The third-order valence-corrected chi connectivity index (χ3v) is 4.14. The van der Waals surface area contributed by atoms with E-state index in [1.807, 2.05) is 18.2 Å². The van der Waals surface area contributed by atoms with Crippen LogP contribution in [0.2, 0.25) is 0 Å². The van der Waals surface area contributed by atoms with Gasteiger partial charge in [-0.2, -0.15) is 5.21 Å². The number of fused-ring (bicyclic) bond motifs is 1. The van der Waals surface area contributed by atoms with Crippen molar-refractivity contribution in [1.29, 1.82) is 0 Å². The fourth-order valence-corrected chi connectivity index (χ4v) is 2.84. The van der Waals surface area contributed by atoms with Gasteiger partial charge in [-0.05, 0) is 30.0 Å². The Morgan fingerprint density at radius 2 is 2.00 bits per heavy atom. The summed E-state index contributed by atoms with van der Waals surface area (Å²) in [7, 11) is 0. The number of aromatic nitrogens is 3. The van der Waals surface area contributed by atoms with Crippen molar-refractivity contribution in [3.8, 4) is 11.5 Å². The zero-order valence-corrected chi connectivity index (χ0v) is 12.6. The Kier molecular flexibility index (Phi) is 3.33. The predicted octanol–water partition coefficient (Wildman–Crippen LogP) is 0.417. The molecule has 2 heterocycles. The summed E-state index contributed by atoms with van der Waals surface area (Å²) in [5, 5.41) is 12.2. The predicted molar refractivity (Wildman–Crippen MR) is 81.8 cm³/mol. The molecule has 1 aliphatic carbocycles. The number of amides is 2. The minimum atomic E-state index is -0.752. The summed E-state index contributed by atoms with van der Waals surface area (Å²) >= 11 is 0. The molecule has 4 rings (SSSR count). The van der Waals surface area contributed by atoms with Gasteiger partial charge in [-0.15, -0.1) is 10.2 Å². The Morgan fingerprint density at radius 3 is 2.79 bits per heavy atom. The first-order chi connectivity index (χ1) is 11.6. The first kappa shape index (κ1) is 14.5. The van der Waals surface area contributed by atoms with Crippen molar-refractivity contribution in [1.82, 2.24) is 15.4 Å². The second-order valence-corrected chi connectivity index (χ2v) is 5.73. The number of primary amides is 1. The average molecular weight is 329 g/mol. The molecule has 9 nitrogen and oxygen atoms in total. The van der Waals surface area contributed by atoms with Gasteiger partial charge in [0, 0.05) is 5.92 Å². The fraction of sp³-hybridized carbons (Fsp3) is 0.333. The molecule has 2 aliphatic rings. The highest BCUT2D eigenvalue weighted by Gasteiger charge is 2.44. The van der Waals surface area contributed by atoms with Crippen LogP contribution in [-0.2, 0) is 4.79 Å². The Morgan fingerprint density at radius 1 is 1.21 bits per heavy atom. The van der Waals surface area contributed by atoms with Crippen LogP contribution in [0.25, 0.3) is 0 Å². The van der Waals surface area contributed by atoms with E-state index in [-0.39, 0.29) is 29.3 Å². The van der Waals surface area contributed by atoms with Crippen LogP contribution < -0.4 is 20.5 Å². The Bertz CT molecular complexity index is 818. The summed E-state index contributed by atoms with van der Waals surface area (Å²) in [4.78, 5) is 23.5. The smallest absolute Gasteiger partial charge is 0.273 e. The molecule has 4 N–H and O–H groups in total. The molecule has 0 radical (unpaired) electrons. The summed E-state index contributed by atoms with van der Waals surface area (Å²) in [5.41, 5.74) is 6.11. The number of nitrogens with zero attached hydrogens (tertiary/aromatic N) is 2. The molecular weight excluding hydrogens is 314 g/mol. The quantitative estimate of drug-likeness (QED) is 0.744. The van der Waals surface area contributed by atoms with Gasteiger partial charge >= 0.3 is 0 Å². The monoisotopic (exact) mass is 329 g/mol. The molecule has 1 aromatic carbocycles. The van der Waals surface area contributed by atoms with Crippen molar-refractivity contribution in [3.05, 3.63) is 29.5 Å². The zero-order valence-electron chi connectivity index (χ0n) is 12.6. The number of ether oxygens (including phenoxy) is 2. The van der Waals surface area contributed by atoms with Gasteiger partial charge in [0.05, 0.1) is 0 Å². The molecule has 2 aromatic rings. The lowest BCUT2D eigenvalue weighted by molar-refractivity contribution is -0.117. The standard InChI is InChI=1S/C15H15N5O4/c16-13(21)12-14(19-20-18-12)17-15(22)9-6-8(9)7-1-2-10-11(5-7)24-4-3-23-10/h1-2,5,8-9H,3-4,6H2,(H2,16,21)(H2,17,18,19,20,22)/t8-,9+/m0/s1.